The van der Waals surface area contributed by atoms with E-state index in [4.69, 9.17) is 0 Å². The van der Waals surface area contributed by atoms with Gasteiger partial charge in [-0.25, -0.2) is 0 Å². The Bertz CT molecular complexity index is 99.2. The van der Waals surface area contributed by atoms with Crippen LogP contribution in [0.4, 0.5) is 0 Å². The van der Waals surface area contributed by atoms with Gasteiger partial charge >= 0.3 is 0 Å². The van der Waals surface area contributed by atoms with Gasteiger partial charge in [0.2, 0.25) is 0 Å². The normalized spacial score (nSPS) is 14.2. The van der Waals surface area contributed by atoms with Crippen molar-refractivity contribution in [1.82, 2.24) is 4.90 Å². The maximum absolute atomic E-state index is 2.44. The van der Waals surface area contributed by atoms with Crippen LogP contribution in [0.1, 0.15) is 40.5 Å². The van der Waals surface area contributed by atoms with Gasteiger partial charge in [-0.3, -0.25) is 0 Å². The van der Waals surface area contributed by atoms with E-state index < -0.39 is 0 Å². The smallest absolute Gasteiger partial charge is 0.000133 e. The second-order valence-corrected chi connectivity index (χ2v) is 4.46. The first-order valence-corrected chi connectivity index (χ1v) is 5.24. The lowest BCUT2D eigenvalue weighted by Gasteiger charge is -2.20. The van der Waals surface area contributed by atoms with Gasteiger partial charge in [0.05, 0.1) is 0 Å². The second-order valence-electron chi connectivity index (χ2n) is 4.46. The van der Waals surface area contributed by atoms with Gasteiger partial charge in [-0.15, -0.1) is 0 Å². The molecule has 0 spiro atoms. The molecule has 1 heteroatoms. The molecule has 0 fully saturated rings. The van der Waals surface area contributed by atoms with E-state index >= 15 is 0 Å². The minimum Gasteiger partial charge on any atom is -0.306 e. The van der Waals surface area contributed by atoms with Gasteiger partial charge in [-0.05, 0) is 31.8 Å². The van der Waals surface area contributed by atoms with E-state index in [1.165, 1.54) is 25.9 Å². The Labute approximate surface area is 78.1 Å². The summed E-state index contributed by atoms with van der Waals surface area (Å²) in [6.07, 6.45) is 2.66. The highest BCUT2D eigenvalue weighted by molar-refractivity contribution is 4.57. The van der Waals surface area contributed by atoms with Crippen molar-refractivity contribution in [3.63, 3.8) is 0 Å². The first-order chi connectivity index (χ1) is 5.56. The number of nitrogens with zero attached hydrogens (tertiary/aromatic N) is 1. The summed E-state index contributed by atoms with van der Waals surface area (Å²) in [5.41, 5.74) is 0. The molecule has 0 rings (SSSR count). The van der Waals surface area contributed by atoms with Gasteiger partial charge in [0.25, 0.3) is 0 Å². The molecule has 1 nitrogen and oxygen atoms in total. The zero-order chi connectivity index (χ0) is 9.56. The van der Waals surface area contributed by atoms with E-state index in [2.05, 4.69) is 39.6 Å². The highest BCUT2D eigenvalue weighted by Gasteiger charge is 2.03. The van der Waals surface area contributed by atoms with Crippen LogP contribution in [0.2, 0.25) is 0 Å². The average Bonchev–Trinajstić information content (AvgIpc) is 1.99. The van der Waals surface area contributed by atoms with Crippen LogP contribution in [-0.4, -0.2) is 25.0 Å². The van der Waals surface area contributed by atoms with Crippen LogP contribution in [-0.2, 0) is 0 Å². The fourth-order valence-electron chi connectivity index (χ4n) is 1.36. The highest BCUT2D eigenvalue weighted by Crippen LogP contribution is 2.07. The molecule has 0 aromatic carbocycles. The maximum Gasteiger partial charge on any atom is 0.000133 e. The summed E-state index contributed by atoms with van der Waals surface area (Å²) in [6, 6.07) is 0. The Kier molecular flexibility index (Phi) is 6.45. The third-order valence-electron chi connectivity index (χ3n) is 2.38. The molecule has 0 bridgehead atoms. The first-order valence-electron chi connectivity index (χ1n) is 5.24. The topological polar surface area (TPSA) is 3.24 Å². The summed E-state index contributed by atoms with van der Waals surface area (Å²) in [4.78, 5) is 2.44. The quantitative estimate of drug-likeness (QED) is 0.594. The van der Waals surface area contributed by atoms with E-state index in [1.54, 1.807) is 0 Å². The van der Waals surface area contributed by atoms with Crippen LogP contribution in [0.25, 0.3) is 0 Å². The SMILES string of the molecule is CCC(C)CCN(C)CC(C)C. The maximum atomic E-state index is 2.44. The van der Waals surface area contributed by atoms with Crippen molar-refractivity contribution in [3.05, 3.63) is 0 Å². The standard InChI is InChI=1S/C11H25N/c1-6-11(4)7-8-12(5)9-10(2)3/h10-11H,6-9H2,1-5H3. The predicted octanol–water partition coefficient (Wildman–Crippen LogP) is 3.01. The van der Waals surface area contributed by atoms with Gasteiger partial charge < -0.3 is 4.90 Å². The van der Waals surface area contributed by atoms with Crippen molar-refractivity contribution >= 4 is 0 Å². The lowest BCUT2D eigenvalue weighted by atomic mass is 10.1. The minimum atomic E-state index is 0.798. The molecule has 0 aliphatic carbocycles. The fraction of sp³-hybridized carbons (Fsp3) is 1.00. The number of hydrogen-bond donors (Lipinski definition) is 0. The number of hydrogen-bond acceptors (Lipinski definition) is 1. The molecule has 0 aromatic heterocycles. The summed E-state index contributed by atoms with van der Waals surface area (Å²) in [5, 5.41) is 0. The lowest BCUT2D eigenvalue weighted by Crippen LogP contribution is -2.25. The van der Waals surface area contributed by atoms with Gasteiger partial charge in [0.1, 0.15) is 0 Å². The zero-order valence-electron chi connectivity index (χ0n) is 9.43. The van der Waals surface area contributed by atoms with Crippen molar-refractivity contribution < 1.29 is 0 Å². The largest absolute Gasteiger partial charge is 0.306 e. The summed E-state index contributed by atoms with van der Waals surface area (Å²) in [5.74, 6) is 1.69. The van der Waals surface area contributed by atoms with Gasteiger partial charge in [-0.1, -0.05) is 34.1 Å². The predicted molar refractivity (Wildman–Crippen MR) is 56.4 cm³/mol. The lowest BCUT2D eigenvalue weighted by molar-refractivity contribution is 0.273. The Morgan fingerprint density at radius 3 is 2.17 bits per heavy atom. The number of rotatable bonds is 6. The Balaban J connectivity index is 3.36. The highest BCUT2D eigenvalue weighted by atomic mass is 15.1. The van der Waals surface area contributed by atoms with Crippen LogP contribution in [0.5, 0.6) is 0 Å². The van der Waals surface area contributed by atoms with Crippen molar-refractivity contribution in [3.8, 4) is 0 Å². The van der Waals surface area contributed by atoms with Crippen molar-refractivity contribution in [2.75, 3.05) is 20.1 Å². The molecular formula is C11H25N. The van der Waals surface area contributed by atoms with Crippen LogP contribution in [0.3, 0.4) is 0 Å². The van der Waals surface area contributed by atoms with E-state index in [1.807, 2.05) is 0 Å². The molecule has 0 amide bonds. The minimum absolute atomic E-state index is 0.798. The Hall–Kier alpha value is -0.0400. The van der Waals surface area contributed by atoms with Gasteiger partial charge in [-0.2, -0.15) is 0 Å². The molecule has 0 saturated heterocycles. The zero-order valence-corrected chi connectivity index (χ0v) is 9.43. The molecule has 12 heavy (non-hydrogen) atoms. The van der Waals surface area contributed by atoms with Crippen molar-refractivity contribution in [2.45, 2.75) is 40.5 Å². The Morgan fingerprint density at radius 2 is 1.75 bits per heavy atom. The monoisotopic (exact) mass is 171 g/mol. The molecule has 0 aromatic rings. The molecule has 74 valence electrons. The van der Waals surface area contributed by atoms with Crippen LogP contribution in [0, 0.1) is 11.8 Å². The summed E-state index contributed by atoms with van der Waals surface area (Å²) in [7, 11) is 2.22. The van der Waals surface area contributed by atoms with Gasteiger partial charge in [0, 0.05) is 6.54 Å². The van der Waals surface area contributed by atoms with Crippen LogP contribution >= 0.6 is 0 Å². The third kappa shape index (κ3) is 6.66. The molecule has 1 unspecified atom stereocenters. The van der Waals surface area contributed by atoms with E-state index in [0.717, 1.165) is 11.8 Å². The first kappa shape index (κ1) is 12.0. The van der Waals surface area contributed by atoms with E-state index in [-0.39, 0.29) is 0 Å². The van der Waals surface area contributed by atoms with Crippen LogP contribution in [0.15, 0.2) is 0 Å². The molecule has 0 aliphatic heterocycles. The fourth-order valence-corrected chi connectivity index (χ4v) is 1.36. The van der Waals surface area contributed by atoms with Gasteiger partial charge in [0.15, 0.2) is 0 Å². The molecule has 0 N–H and O–H groups in total. The van der Waals surface area contributed by atoms with Crippen molar-refractivity contribution in [1.29, 1.82) is 0 Å². The van der Waals surface area contributed by atoms with E-state index in [9.17, 15) is 0 Å². The summed E-state index contributed by atoms with van der Waals surface area (Å²) < 4.78 is 0. The second kappa shape index (κ2) is 6.47. The molecule has 1 atom stereocenters. The molecular weight excluding hydrogens is 146 g/mol. The van der Waals surface area contributed by atoms with Crippen molar-refractivity contribution in [2.24, 2.45) is 11.8 Å². The van der Waals surface area contributed by atoms with E-state index in [0.29, 0.717) is 0 Å². The molecule has 0 aliphatic rings. The molecule has 0 radical (unpaired) electrons. The Morgan fingerprint density at radius 1 is 1.17 bits per heavy atom. The third-order valence-corrected chi connectivity index (χ3v) is 2.38. The molecule has 0 heterocycles. The summed E-state index contributed by atoms with van der Waals surface area (Å²) >= 11 is 0. The van der Waals surface area contributed by atoms with Crippen LogP contribution < -0.4 is 0 Å². The molecule has 0 saturated carbocycles. The summed E-state index contributed by atoms with van der Waals surface area (Å²) in [6.45, 7) is 11.7. The average molecular weight is 171 g/mol.